The summed E-state index contributed by atoms with van der Waals surface area (Å²) in [7, 11) is 0. The fourth-order valence-corrected chi connectivity index (χ4v) is 4.02. The van der Waals surface area contributed by atoms with Crippen LogP contribution in [0.15, 0.2) is 89.1 Å². The Morgan fingerprint density at radius 1 is 1.00 bits per heavy atom. The number of nitrogens with zero attached hydrogens (tertiary/aromatic N) is 3. The van der Waals surface area contributed by atoms with Gasteiger partial charge in [0, 0.05) is 16.8 Å². The van der Waals surface area contributed by atoms with Gasteiger partial charge in [-0.05, 0) is 30.7 Å². The summed E-state index contributed by atoms with van der Waals surface area (Å²) in [5.74, 6) is -0.287. The van der Waals surface area contributed by atoms with Crippen LogP contribution in [0.2, 0.25) is 0 Å². The van der Waals surface area contributed by atoms with Crippen molar-refractivity contribution in [2.75, 3.05) is 0 Å². The van der Waals surface area contributed by atoms with E-state index in [1.807, 2.05) is 30.3 Å². The van der Waals surface area contributed by atoms with E-state index in [-0.39, 0.29) is 12.4 Å². The predicted octanol–water partition coefficient (Wildman–Crippen LogP) is 5.71. The molecule has 8 heteroatoms. The number of amides is 2. The minimum Gasteiger partial charge on any atom is -0.334 e. The third-order valence-corrected chi connectivity index (χ3v) is 5.75. The molecule has 1 aromatic heterocycles. The lowest BCUT2D eigenvalue weighted by atomic mass is 9.94. The molecule has 6 nitrogen and oxygen atoms in total. The molecular formula is C26H20F2N4O2. The standard InChI is InChI=1S/C26H20F2N4O2/c1-16-22(25-30-24(31-34-25)17-8-3-2-4-9-17)23(18-11-7-12-20(27)14-18)29-26(33)32(16)15-19-10-5-6-13-21(19)28/h2-14,23H,15H2,1H3,(H,29,33). The van der Waals surface area contributed by atoms with E-state index in [1.165, 1.54) is 23.1 Å². The van der Waals surface area contributed by atoms with E-state index in [4.69, 9.17) is 4.52 Å². The van der Waals surface area contributed by atoms with Crippen LogP contribution in [0.4, 0.5) is 13.6 Å². The van der Waals surface area contributed by atoms with Crippen molar-refractivity contribution >= 4 is 11.6 Å². The Balaban J connectivity index is 1.62. The molecule has 1 aliphatic rings. The molecule has 0 saturated carbocycles. The number of rotatable bonds is 5. The van der Waals surface area contributed by atoms with Crippen molar-refractivity contribution in [2.45, 2.75) is 19.5 Å². The van der Waals surface area contributed by atoms with Gasteiger partial charge in [-0.25, -0.2) is 13.6 Å². The van der Waals surface area contributed by atoms with Gasteiger partial charge in [0.1, 0.15) is 11.6 Å². The molecule has 0 fully saturated rings. The molecule has 0 saturated heterocycles. The van der Waals surface area contributed by atoms with E-state index in [9.17, 15) is 13.6 Å². The normalized spacial score (nSPS) is 16.0. The highest BCUT2D eigenvalue weighted by molar-refractivity contribution is 5.86. The van der Waals surface area contributed by atoms with Gasteiger partial charge in [0.15, 0.2) is 0 Å². The first kappa shape index (κ1) is 21.5. The SMILES string of the molecule is CC1=C(c2nc(-c3ccccc3)no2)C(c2cccc(F)c2)NC(=O)N1Cc1ccccc1F. The fourth-order valence-electron chi connectivity index (χ4n) is 4.02. The van der Waals surface area contributed by atoms with Crippen LogP contribution in [0, 0.1) is 11.6 Å². The van der Waals surface area contributed by atoms with Crippen LogP contribution in [-0.2, 0) is 6.54 Å². The van der Waals surface area contributed by atoms with Gasteiger partial charge in [0.05, 0.1) is 18.2 Å². The van der Waals surface area contributed by atoms with E-state index in [0.29, 0.717) is 28.2 Å². The number of carbonyl (C=O) groups excluding carboxylic acids is 1. The van der Waals surface area contributed by atoms with E-state index >= 15 is 0 Å². The highest BCUT2D eigenvalue weighted by atomic mass is 19.1. The monoisotopic (exact) mass is 458 g/mol. The topological polar surface area (TPSA) is 71.3 Å². The second kappa shape index (κ2) is 8.90. The van der Waals surface area contributed by atoms with Gasteiger partial charge in [-0.3, -0.25) is 4.90 Å². The highest BCUT2D eigenvalue weighted by Crippen LogP contribution is 2.38. The molecule has 1 unspecified atom stereocenters. The molecule has 1 atom stereocenters. The quantitative estimate of drug-likeness (QED) is 0.416. The van der Waals surface area contributed by atoms with Crippen molar-refractivity contribution in [3.05, 3.63) is 113 Å². The Morgan fingerprint density at radius 3 is 2.53 bits per heavy atom. The molecule has 1 aliphatic heterocycles. The largest absolute Gasteiger partial charge is 0.334 e. The number of hydrogen-bond donors (Lipinski definition) is 1. The lowest BCUT2D eigenvalue weighted by Gasteiger charge is -2.35. The zero-order valence-electron chi connectivity index (χ0n) is 18.2. The minimum absolute atomic E-state index is 0.00336. The Kier molecular flexibility index (Phi) is 5.63. The third kappa shape index (κ3) is 4.05. The van der Waals surface area contributed by atoms with Crippen molar-refractivity contribution in [1.82, 2.24) is 20.4 Å². The number of nitrogens with one attached hydrogen (secondary N) is 1. The van der Waals surface area contributed by atoms with Crippen molar-refractivity contribution < 1.29 is 18.1 Å². The van der Waals surface area contributed by atoms with Crippen molar-refractivity contribution in [3.8, 4) is 11.4 Å². The first-order valence-corrected chi connectivity index (χ1v) is 10.7. The Bertz CT molecular complexity index is 1380. The molecule has 2 amide bonds. The highest BCUT2D eigenvalue weighted by Gasteiger charge is 2.36. The summed E-state index contributed by atoms with van der Waals surface area (Å²) in [5, 5.41) is 6.99. The van der Waals surface area contributed by atoms with Crippen LogP contribution >= 0.6 is 0 Å². The molecule has 3 aromatic carbocycles. The number of halogens is 2. The zero-order valence-corrected chi connectivity index (χ0v) is 18.2. The van der Waals surface area contributed by atoms with Gasteiger partial charge in [0.2, 0.25) is 5.82 Å². The molecule has 0 radical (unpaired) electrons. The van der Waals surface area contributed by atoms with Crippen LogP contribution in [-0.4, -0.2) is 21.1 Å². The Labute approximate surface area is 194 Å². The molecule has 34 heavy (non-hydrogen) atoms. The maximum absolute atomic E-state index is 14.3. The van der Waals surface area contributed by atoms with Gasteiger partial charge in [-0.2, -0.15) is 4.98 Å². The van der Waals surface area contributed by atoms with Gasteiger partial charge in [0.25, 0.3) is 5.89 Å². The van der Waals surface area contributed by atoms with Crippen LogP contribution in [0.5, 0.6) is 0 Å². The van der Waals surface area contributed by atoms with E-state index in [1.54, 1.807) is 37.3 Å². The van der Waals surface area contributed by atoms with Crippen molar-refractivity contribution in [3.63, 3.8) is 0 Å². The summed E-state index contributed by atoms with van der Waals surface area (Å²) in [6.07, 6.45) is 0. The smallest absolute Gasteiger partial charge is 0.322 e. The second-order valence-corrected chi connectivity index (χ2v) is 7.90. The molecule has 2 heterocycles. The summed E-state index contributed by atoms with van der Waals surface area (Å²) in [4.78, 5) is 19.1. The summed E-state index contributed by atoms with van der Waals surface area (Å²) < 4.78 is 34.0. The first-order valence-electron chi connectivity index (χ1n) is 10.7. The van der Waals surface area contributed by atoms with Crippen LogP contribution in [0.3, 0.4) is 0 Å². The summed E-state index contributed by atoms with van der Waals surface area (Å²) >= 11 is 0. The molecule has 170 valence electrons. The Morgan fingerprint density at radius 2 is 1.76 bits per heavy atom. The van der Waals surface area contributed by atoms with Crippen molar-refractivity contribution in [1.29, 1.82) is 0 Å². The lowest BCUT2D eigenvalue weighted by Crippen LogP contribution is -2.45. The van der Waals surface area contributed by atoms with E-state index < -0.39 is 23.7 Å². The molecular weight excluding hydrogens is 438 g/mol. The third-order valence-electron chi connectivity index (χ3n) is 5.75. The first-order chi connectivity index (χ1) is 16.5. The van der Waals surface area contributed by atoms with Crippen molar-refractivity contribution in [2.24, 2.45) is 0 Å². The van der Waals surface area contributed by atoms with E-state index in [0.717, 1.165) is 5.56 Å². The van der Waals surface area contributed by atoms with Crippen LogP contribution in [0.25, 0.3) is 17.0 Å². The second-order valence-electron chi connectivity index (χ2n) is 7.90. The number of allylic oxidation sites excluding steroid dienone is 1. The zero-order chi connectivity index (χ0) is 23.7. The molecule has 5 rings (SSSR count). The molecule has 0 aliphatic carbocycles. The summed E-state index contributed by atoms with van der Waals surface area (Å²) in [5.41, 5.74) is 2.66. The van der Waals surface area contributed by atoms with E-state index in [2.05, 4.69) is 15.5 Å². The maximum Gasteiger partial charge on any atom is 0.322 e. The summed E-state index contributed by atoms with van der Waals surface area (Å²) in [6, 6.07) is 20.4. The number of benzene rings is 3. The lowest BCUT2D eigenvalue weighted by molar-refractivity contribution is 0.202. The van der Waals surface area contributed by atoms with Gasteiger partial charge in [-0.15, -0.1) is 0 Å². The average Bonchev–Trinajstić information content (AvgIpc) is 3.33. The van der Waals surface area contributed by atoms with Gasteiger partial charge < -0.3 is 9.84 Å². The maximum atomic E-state index is 14.3. The van der Waals surface area contributed by atoms with Gasteiger partial charge >= 0.3 is 6.03 Å². The number of aromatic nitrogens is 2. The molecule has 4 aromatic rings. The number of carbonyl (C=O) groups is 1. The van der Waals surface area contributed by atoms with Gasteiger partial charge in [-0.1, -0.05) is 65.8 Å². The van der Waals surface area contributed by atoms with Crippen LogP contribution in [0.1, 0.15) is 30.0 Å². The average molecular weight is 458 g/mol. The number of urea groups is 1. The summed E-state index contributed by atoms with van der Waals surface area (Å²) in [6.45, 7) is 1.73. The Hall–Kier alpha value is -4.33. The molecule has 0 spiro atoms. The molecule has 0 bridgehead atoms. The fraction of sp³-hybridized carbons (Fsp3) is 0.115. The van der Waals surface area contributed by atoms with Crippen LogP contribution < -0.4 is 5.32 Å². The number of hydrogen-bond acceptors (Lipinski definition) is 4. The minimum atomic E-state index is -0.732. The molecule has 1 N–H and O–H groups in total. The predicted molar refractivity (Wildman–Crippen MR) is 122 cm³/mol.